The molecule has 4 nitrogen and oxygen atoms in total. The predicted octanol–water partition coefficient (Wildman–Crippen LogP) is 2.27. The molecule has 1 saturated carbocycles. The minimum Gasteiger partial charge on any atom is -0.328 e. The van der Waals surface area contributed by atoms with Crippen LogP contribution >= 0.6 is 11.6 Å². The number of amides is 1. The summed E-state index contributed by atoms with van der Waals surface area (Å²) in [4.78, 5) is 17.1. The van der Waals surface area contributed by atoms with E-state index in [-0.39, 0.29) is 18.1 Å². The summed E-state index contributed by atoms with van der Waals surface area (Å²) in [5.41, 5.74) is 8.82. The van der Waals surface area contributed by atoms with Gasteiger partial charge in [0.15, 0.2) is 0 Å². The zero-order valence-corrected chi connectivity index (χ0v) is 10.8. The molecule has 18 heavy (non-hydrogen) atoms. The van der Waals surface area contributed by atoms with Crippen molar-refractivity contribution in [3.05, 3.63) is 34.9 Å². The van der Waals surface area contributed by atoms with E-state index in [1.165, 1.54) is 0 Å². The average Bonchev–Trinajstić information content (AvgIpc) is 2.38. The zero-order valence-electron chi connectivity index (χ0n) is 10.1. The number of benzene rings is 1. The molecule has 0 aromatic heterocycles. The fraction of sp³-hybridized carbons (Fsp3) is 0.462. The van der Waals surface area contributed by atoms with Crippen molar-refractivity contribution in [2.75, 3.05) is 0 Å². The van der Waals surface area contributed by atoms with Crippen LogP contribution in [-0.4, -0.2) is 18.1 Å². The molecule has 3 N–H and O–H groups in total. The molecule has 2 rings (SSSR count). The van der Waals surface area contributed by atoms with Crippen molar-refractivity contribution >= 4 is 17.5 Å². The van der Waals surface area contributed by atoms with E-state index < -0.39 is 0 Å². The van der Waals surface area contributed by atoms with Crippen molar-refractivity contribution < 1.29 is 9.63 Å². The number of halogens is 1. The molecular formula is C13H17ClN2O2. The third-order valence-corrected chi connectivity index (χ3v) is 3.40. The molecule has 5 heteroatoms. The van der Waals surface area contributed by atoms with Crippen molar-refractivity contribution in [2.45, 2.75) is 37.8 Å². The van der Waals surface area contributed by atoms with E-state index in [4.69, 9.17) is 22.2 Å². The largest absolute Gasteiger partial charge is 0.328 e. The molecular weight excluding hydrogens is 252 g/mol. The van der Waals surface area contributed by atoms with Gasteiger partial charge in [0.2, 0.25) is 0 Å². The molecule has 0 unspecified atom stereocenters. The third kappa shape index (κ3) is 3.70. The van der Waals surface area contributed by atoms with Crippen LogP contribution in [0.4, 0.5) is 0 Å². The minimum atomic E-state index is -0.249. The molecule has 1 fully saturated rings. The number of carbonyl (C=O) groups excluding carboxylic acids is 1. The van der Waals surface area contributed by atoms with Crippen molar-refractivity contribution in [1.29, 1.82) is 0 Å². The van der Waals surface area contributed by atoms with Crippen molar-refractivity contribution in [1.82, 2.24) is 5.48 Å². The standard InChI is InChI=1S/C13H17ClN2O2/c14-10-3-1-9(2-4-10)13(17)16-18-12-7-5-11(15)6-8-12/h1-4,11-12H,5-8,15H2,(H,16,17). The first-order valence-electron chi connectivity index (χ1n) is 6.12. The summed E-state index contributed by atoms with van der Waals surface area (Å²) < 4.78 is 0. The number of hydroxylamine groups is 1. The Morgan fingerprint density at radius 3 is 2.44 bits per heavy atom. The van der Waals surface area contributed by atoms with Crippen LogP contribution in [0.2, 0.25) is 5.02 Å². The average molecular weight is 269 g/mol. The lowest BCUT2D eigenvalue weighted by molar-refractivity contribution is -0.0331. The Morgan fingerprint density at radius 1 is 1.22 bits per heavy atom. The van der Waals surface area contributed by atoms with Gasteiger partial charge >= 0.3 is 0 Å². The Kier molecular flexibility index (Phi) is 4.58. The number of nitrogens with one attached hydrogen (secondary N) is 1. The molecule has 1 aromatic rings. The van der Waals surface area contributed by atoms with Crippen LogP contribution in [0.5, 0.6) is 0 Å². The maximum atomic E-state index is 11.8. The molecule has 0 radical (unpaired) electrons. The second-order valence-corrected chi connectivity index (χ2v) is 5.03. The summed E-state index contributed by atoms with van der Waals surface area (Å²) in [5.74, 6) is -0.249. The SMILES string of the molecule is NC1CCC(ONC(=O)c2ccc(Cl)cc2)CC1. The number of rotatable bonds is 3. The van der Waals surface area contributed by atoms with E-state index >= 15 is 0 Å². The number of hydrogen-bond donors (Lipinski definition) is 2. The van der Waals surface area contributed by atoms with E-state index in [0.717, 1.165) is 25.7 Å². The third-order valence-electron chi connectivity index (χ3n) is 3.14. The van der Waals surface area contributed by atoms with Gasteiger partial charge in [-0.3, -0.25) is 9.63 Å². The second-order valence-electron chi connectivity index (χ2n) is 4.59. The van der Waals surface area contributed by atoms with Gasteiger partial charge in [0.25, 0.3) is 5.91 Å². The van der Waals surface area contributed by atoms with E-state index in [2.05, 4.69) is 5.48 Å². The molecule has 98 valence electrons. The highest BCUT2D eigenvalue weighted by molar-refractivity contribution is 6.30. The summed E-state index contributed by atoms with van der Waals surface area (Å²) in [6.07, 6.45) is 3.74. The molecule has 0 heterocycles. The van der Waals surface area contributed by atoms with Gasteiger partial charge in [0.1, 0.15) is 0 Å². The second kappa shape index (κ2) is 6.18. The Bertz CT molecular complexity index is 400. The van der Waals surface area contributed by atoms with Gasteiger partial charge in [-0.2, -0.15) is 0 Å². The first-order chi connectivity index (χ1) is 8.65. The highest BCUT2D eigenvalue weighted by atomic mass is 35.5. The number of carbonyl (C=O) groups is 1. The first kappa shape index (κ1) is 13.3. The molecule has 0 aliphatic heterocycles. The van der Waals surface area contributed by atoms with Crippen LogP contribution in [0.25, 0.3) is 0 Å². The quantitative estimate of drug-likeness (QED) is 0.827. The lowest BCUT2D eigenvalue weighted by Gasteiger charge is -2.25. The van der Waals surface area contributed by atoms with Crippen molar-refractivity contribution in [2.24, 2.45) is 5.73 Å². The summed E-state index contributed by atoms with van der Waals surface area (Å²) in [7, 11) is 0. The number of hydrogen-bond acceptors (Lipinski definition) is 3. The van der Waals surface area contributed by atoms with Crippen LogP contribution in [0.3, 0.4) is 0 Å². The maximum Gasteiger partial charge on any atom is 0.274 e. The van der Waals surface area contributed by atoms with Gasteiger partial charge in [-0.05, 0) is 49.9 Å². The van der Waals surface area contributed by atoms with Gasteiger partial charge in [0, 0.05) is 16.6 Å². The lowest BCUT2D eigenvalue weighted by Crippen LogP contribution is -2.35. The van der Waals surface area contributed by atoms with Gasteiger partial charge in [-0.1, -0.05) is 11.6 Å². The molecule has 1 aliphatic rings. The van der Waals surface area contributed by atoms with E-state index in [1.54, 1.807) is 24.3 Å². The molecule has 1 aliphatic carbocycles. The van der Waals surface area contributed by atoms with Crippen LogP contribution in [-0.2, 0) is 4.84 Å². The smallest absolute Gasteiger partial charge is 0.274 e. The van der Waals surface area contributed by atoms with Crippen molar-refractivity contribution in [3.63, 3.8) is 0 Å². The van der Waals surface area contributed by atoms with Gasteiger partial charge < -0.3 is 5.73 Å². The predicted molar refractivity (Wildman–Crippen MR) is 70.2 cm³/mol. The minimum absolute atomic E-state index is 0.0704. The Hall–Kier alpha value is -1.10. The van der Waals surface area contributed by atoms with Crippen LogP contribution < -0.4 is 11.2 Å². The van der Waals surface area contributed by atoms with Gasteiger partial charge in [-0.15, -0.1) is 0 Å². The fourth-order valence-corrected chi connectivity index (χ4v) is 2.13. The Balaban J connectivity index is 1.79. The van der Waals surface area contributed by atoms with Gasteiger partial charge in [0.05, 0.1) is 6.10 Å². The number of nitrogens with two attached hydrogens (primary N) is 1. The molecule has 0 spiro atoms. The highest BCUT2D eigenvalue weighted by Gasteiger charge is 2.20. The molecule has 0 saturated heterocycles. The van der Waals surface area contributed by atoms with Gasteiger partial charge in [-0.25, -0.2) is 5.48 Å². The molecule has 0 atom stereocenters. The normalized spacial score (nSPS) is 23.7. The van der Waals surface area contributed by atoms with Crippen LogP contribution in [0, 0.1) is 0 Å². The first-order valence-corrected chi connectivity index (χ1v) is 6.50. The lowest BCUT2D eigenvalue weighted by atomic mass is 9.94. The van der Waals surface area contributed by atoms with E-state index in [1.807, 2.05) is 0 Å². The summed E-state index contributed by atoms with van der Waals surface area (Å²) in [5, 5.41) is 0.605. The Morgan fingerprint density at radius 2 is 1.83 bits per heavy atom. The maximum absolute atomic E-state index is 11.8. The van der Waals surface area contributed by atoms with E-state index in [0.29, 0.717) is 10.6 Å². The summed E-state index contributed by atoms with van der Waals surface area (Å²) in [6, 6.07) is 6.96. The molecule has 1 aromatic carbocycles. The highest BCUT2D eigenvalue weighted by Crippen LogP contribution is 2.19. The monoisotopic (exact) mass is 268 g/mol. The summed E-state index contributed by atoms with van der Waals surface area (Å²) in [6.45, 7) is 0. The molecule has 1 amide bonds. The summed E-state index contributed by atoms with van der Waals surface area (Å²) >= 11 is 5.75. The van der Waals surface area contributed by atoms with E-state index in [9.17, 15) is 4.79 Å². The Labute approximate surface area is 111 Å². The topological polar surface area (TPSA) is 64.3 Å². The fourth-order valence-electron chi connectivity index (χ4n) is 2.00. The van der Waals surface area contributed by atoms with Crippen molar-refractivity contribution in [3.8, 4) is 0 Å². The van der Waals surface area contributed by atoms with Crippen LogP contribution in [0.1, 0.15) is 36.0 Å². The zero-order chi connectivity index (χ0) is 13.0. The van der Waals surface area contributed by atoms with Crippen LogP contribution in [0.15, 0.2) is 24.3 Å². The molecule has 0 bridgehead atoms.